The van der Waals surface area contributed by atoms with Crippen molar-refractivity contribution in [1.82, 2.24) is 4.90 Å². The molecule has 1 aromatic rings. The molecule has 0 aromatic heterocycles. The van der Waals surface area contributed by atoms with Crippen molar-refractivity contribution in [2.75, 3.05) is 13.1 Å². The first-order valence-corrected chi connectivity index (χ1v) is 5.00. The van der Waals surface area contributed by atoms with Gasteiger partial charge in [0, 0.05) is 24.7 Å². The molecule has 1 aromatic carbocycles. The van der Waals surface area contributed by atoms with Gasteiger partial charge < -0.3 is 15.7 Å². The average Bonchev–Trinajstić information content (AvgIpc) is 2.64. The Hall–Kier alpha value is -1.55. The second-order valence-electron chi connectivity index (χ2n) is 3.85. The van der Waals surface area contributed by atoms with E-state index in [9.17, 15) is 9.90 Å². The Morgan fingerprint density at radius 3 is 2.93 bits per heavy atom. The summed E-state index contributed by atoms with van der Waals surface area (Å²) in [7, 11) is 0. The number of nitrogens with two attached hydrogens (primary N) is 1. The number of hydrogen-bond donors (Lipinski definition) is 2. The van der Waals surface area contributed by atoms with Gasteiger partial charge in [0.2, 0.25) is 0 Å². The molecule has 1 fully saturated rings. The zero-order valence-electron chi connectivity index (χ0n) is 8.39. The summed E-state index contributed by atoms with van der Waals surface area (Å²) in [5.74, 6) is 0.0585. The number of phenolic OH excluding ortho intramolecular Hbond substituents is 1. The van der Waals surface area contributed by atoms with E-state index in [0.717, 1.165) is 6.42 Å². The van der Waals surface area contributed by atoms with Crippen molar-refractivity contribution in [1.29, 1.82) is 0 Å². The van der Waals surface area contributed by atoms with Crippen molar-refractivity contribution in [3.05, 3.63) is 29.8 Å². The fourth-order valence-corrected chi connectivity index (χ4v) is 1.79. The van der Waals surface area contributed by atoms with Crippen LogP contribution in [0.4, 0.5) is 0 Å². The van der Waals surface area contributed by atoms with Crippen molar-refractivity contribution < 1.29 is 9.90 Å². The van der Waals surface area contributed by atoms with Crippen LogP contribution in [0.25, 0.3) is 0 Å². The molecular formula is C11H14N2O2. The SMILES string of the molecule is N[C@H]1CCN(C(=O)c2cccc(O)c2)C1. The van der Waals surface area contributed by atoms with E-state index in [1.165, 1.54) is 6.07 Å². The molecule has 0 spiro atoms. The minimum atomic E-state index is -0.0566. The Morgan fingerprint density at radius 2 is 2.33 bits per heavy atom. The number of likely N-dealkylation sites (tertiary alicyclic amines) is 1. The predicted octanol–water partition coefficient (Wildman–Crippen LogP) is 0.565. The van der Waals surface area contributed by atoms with Crippen LogP contribution in [0.15, 0.2) is 24.3 Å². The highest BCUT2D eigenvalue weighted by Gasteiger charge is 2.24. The largest absolute Gasteiger partial charge is 0.508 e. The third kappa shape index (κ3) is 2.10. The average molecular weight is 206 g/mol. The lowest BCUT2D eigenvalue weighted by Gasteiger charge is -2.15. The molecule has 15 heavy (non-hydrogen) atoms. The van der Waals surface area contributed by atoms with Gasteiger partial charge >= 0.3 is 0 Å². The van der Waals surface area contributed by atoms with Crippen LogP contribution in [0.5, 0.6) is 5.75 Å². The number of benzene rings is 1. The number of nitrogens with zero attached hydrogens (tertiary/aromatic N) is 1. The number of amides is 1. The number of carbonyl (C=O) groups is 1. The molecule has 4 nitrogen and oxygen atoms in total. The number of carbonyl (C=O) groups excluding carboxylic acids is 1. The lowest BCUT2D eigenvalue weighted by Crippen LogP contribution is -2.31. The quantitative estimate of drug-likeness (QED) is 0.705. The topological polar surface area (TPSA) is 66.6 Å². The first kappa shape index (κ1) is 9.98. The fraction of sp³-hybridized carbons (Fsp3) is 0.364. The van der Waals surface area contributed by atoms with Gasteiger partial charge in [-0.15, -0.1) is 0 Å². The number of hydrogen-bond acceptors (Lipinski definition) is 3. The second kappa shape index (κ2) is 3.90. The van der Waals surface area contributed by atoms with E-state index < -0.39 is 0 Å². The van der Waals surface area contributed by atoms with Crippen molar-refractivity contribution in [3.63, 3.8) is 0 Å². The Kier molecular flexibility index (Phi) is 2.60. The van der Waals surface area contributed by atoms with E-state index in [1.54, 1.807) is 23.1 Å². The number of rotatable bonds is 1. The van der Waals surface area contributed by atoms with Crippen LogP contribution in [0, 0.1) is 0 Å². The van der Waals surface area contributed by atoms with E-state index in [0.29, 0.717) is 18.7 Å². The van der Waals surface area contributed by atoms with Gasteiger partial charge in [-0.2, -0.15) is 0 Å². The first-order chi connectivity index (χ1) is 7.16. The Labute approximate surface area is 88.3 Å². The maximum atomic E-state index is 11.9. The van der Waals surface area contributed by atoms with Crippen LogP contribution in [-0.4, -0.2) is 35.0 Å². The van der Waals surface area contributed by atoms with Gasteiger partial charge in [-0.1, -0.05) is 6.07 Å². The smallest absolute Gasteiger partial charge is 0.254 e. The molecule has 1 aliphatic heterocycles. The van der Waals surface area contributed by atoms with Crippen LogP contribution >= 0.6 is 0 Å². The molecular weight excluding hydrogens is 192 g/mol. The van der Waals surface area contributed by atoms with Crippen LogP contribution < -0.4 is 5.73 Å². The van der Waals surface area contributed by atoms with E-state index in [1.807, 2.05) is 0 Å². The lowest BCUT2D eigenvalue weighted by atomic mass is 10.2. The summed E-state index contributed by atoms with van der Waals surface area (Å²) in [5.41, 5.74) is 6.25. The molecule has 1 amide bonds. The molecule has 1 atom stereocenters. The van der Waals surface area contributed by atoms with Gasteiger partial charge in [0.1, 0.15) is 5.75 Å². The predicted molar refractivity (Wildman–Crippen MR) is 56.6 cm³/mol. The summed E-state index contributed by atoms with van der Waals surface area (Å²) in [6, 6.07) is 6.48. The monoisotopic (exact) mass is 206 g/mol. The van der Waals surface area contributed by atoms with Gasteiger partial charge in [-0.25, -0.2) is 0 Å². The third-order valence-electron chi connectivity index (χ3n) is 2.61. The molecule has 0 radical (unpaired) electrons. The van der Waals surface area contributed by atoms with Crippen molar-refractivity contribution in [2.24, 2.45) is 5.73 Å². The lowest BCUT2D eigenvalue weighted by molar-refractivity contribution is 0.0790. The Balaban J connectivity index is 2.14. The highest BCUT2D eigenvalue weighted by Crippen LogP contribution is 2.16. The molecule has 0 unspecified atom stereocenters. The fourth-order valence-electron chi connectivity index (χ4n) is 1.79. The Bertz CT molecular complexity index is 379. The molecule has 4 heteroatoms. The molecule has 0 bridgehead atoms. The summed E-state index contributed by atoms with van der Waals surface area (Å²) in [6.07, 6.45) is 0.852. The minimum Gasteiger partial charge on any atom is -0.508 e. The molecule has 1 heterocycles. The van der Waals surface area contributed by atoms with Crippen molar-refractivity contribution in [2.45, 2.75) is 12.5 Å². The number of phenols is 1. The highest BCUT2D eigenvalue weighted by molar-refractivity contribution is 5.94. The van der Waals surface area contributed by atoms with Crippen LogP contribution in [0.2, 0.25) is 0 Å². The van der Waals surface area contributed by atoms with Gasteiger partial charge in [-0.3, -0.25) is 4.79 Å². The summed E-state index contributed by atoms with van der Waals surface area (Å²) in [5, 5.41) is 9.26. The van der Waals surface area contributed by atoms with E-state index >= 15 is 0 Å². The first-order valence-electron chi connectivity index (χ1n) is 5.00. The van der Waals surface area contributed by atoms with Gasteiger partial charge in [0.15, 0.2) is 0 Å². The zero-order valence-corrected chi connectivity index (χ0v) is 8.39. The second-order valence-corrected chi connectivity index (χ2v) is 3.85. The minimum absolute atomic E-state index is 0.0566. The zero-order chi connectivity index (χ0) is 10.8. The van der Waals surface area contributed by atoms with Crippen LogP contribution in [0.1, 0.15) is 16.8 Å². The molecule has 0 saturated carbocycles. The number of aromatic hydroxyl groups is 1. The normalized spacial score (nSPS) is 20.6. The maximum absolute atomic E-state index is 11.9. The van der Waals surface area contributed by atoms with Crippen LogP contribution in [-0.2, 0) is 0 Å². The molecule has 0 aliphatic carbocycles. The summed E-state index contributed by atoms with van der Waals surface area (Å²) in [4.78, 5) is 13.6. The molecule has 1 aliphatic rings. The summed E-state index contributed by atoms with van der Waals surface area (Å²) >= 11 is 0. The molecule has 1 saturated heterocycles. The van der Waals surface area contributed by atoms with Crippen molar-refractivity contribution in [3.8, 4) is 5.75 Å². The van der Waals surface area contributed by atoms with E-state index in [-0.39, 0.29) is 17.7 Å². The van der Waals surface area contributed by atoms with Gasteiger partial charge in [-0.05, 0) is 24.6 Å². The molecule has 3 N–H and O–H groups in total. The van der Waals surface area contributed by atoms with Crippen LogP contribution in [0.3, 0.4) is 0 Å². The van der Waals surface area contributed by atoms with Gasteiger partial charge in [0.25, 0.3) is 5.91 Å². The van der Waals surface area contributed by atoms with E-state index in [4.69, 9.17) is 5.73 Å². The van der Waals surface area contributed by atoms with Gasteiger partial charge in [0.05, 0.1) is 0 Å². The third-order valence-corrected chi connectivity index (χ3v) is 2.61. The summed E-state index contributed by atoms with van der Waals surface area (Å²) in [6.45, 7) is 1.31. The molecule has 2 rings (SSSR count). The standard InChI is InChI=1S/C11H14N2O2/c12-9-4-5-13(7-9)11(15)8-2-1-3-10(14)6-8/h1-3,6,9,14H,4-5,7,12H2/t9-/m0/s1. The van der Waals surface area contributed by atoms with E-state index in [2.05, 4.69) is 0 Å². The highest BCUT2D eigenvalue weighted by atomic mass is 16.3. The maximum Gasteiger partial charge on any atom is 0.254 e. The summed E-state index contributed by atoms with van der Waals surface area (Å²) < 4.78 is 0. The molecule has 80 valence electrons. The Morgan fingerprint density at radius 1 is 1.53 bits per heavy atom. The van der Waals surface area contributed by atoms with Crippen molar-refractivity contribution >= 4 is 5.91 Å².